The fraction of sp³-hybridized carbons (Fsp3) is 0.263. The highest BCUT2D eigenvalue weighted by molar-refractivity contribution is 5.94. The van der Waals surface area contributed by atoms with E-state index in [1.54, 1.807) is 7.05 Å². The molecule has 0 aliphatic rings. The molecule has 3 N–H and O–H groups in total. The van der Waals surface area contributed by atoms with Gasteiger partial charge in [-0.1, -0.05) is 42.5 Å². The zero-order valence-corrected chi connectivity index (χ0v) is 14.2. The summed E-state index contributed by atoms with van der Waals surface area (Å²) in [5.74, 6) is 0.698. The number of amides is 1. The van der Waals surface area contributed by atoms with Crippen LogP contribution in [0.2, 0.25) is 0 Å². The quantitative estimate of drug-likeness (QED) is 0.564. The van der Waals surface area contributed by atoms with E-state index in [-0.39, 0.29) is 5.91 Å². The van der Waals surface area contributed by atoms with E-state index in [4.69, 9.17) is 0 Å². The molecule has 0 bridgehead atoms. The Hall–Kier alpha value is -2.82. The van der Waals surface area contributed by atoms with E-state index < -0.39 is 0 Å². The third-order valence-electron chi connectivity index (χ3n) is 3.54. The van der Waals surface area contributed by atoms with Gasteiger partial charge >= 0.3 is 0 Å². The first kappa shape index (κ1) is 17.5. The van der Waals surface area contributed by atoms with Gasteiger partial charge in [0.25, 0.3) is 5.91 Å². The predicted octanol–water partition coefficient (Wildman–Crippen LogP) is 2.30. The van der Waals surface area contributed by atoms with Gasteiger partial charge < -0.3 is 16.0 Å². The van der Waals surface area contributed by atoms with Gasteiger partial charge in [-0.25, -0.2) is 0 Å². The van der Waals surface area contributed by atoms with Crippen molar-refractivity contribution in [1.29, 1.82) is 0 Å². The summed E-state index contributed by atoms with van der Waals surface area (Å²) >= 11 is 0. The molecule has 24 heavy (non-hydrogen) atoms. The average molecular weight is 324 g/mol. The van der Waals surface area contributed by atoms with Gasteiger partial charge in [-0.3, -0.25) is 9.79 Å². The SMILES string of the molecule is CCNC(=O)c1ccc(CNC(=NC)NCc2ccccc2)cc1. The van der Waals surface area contributed by atoms with E-state index in [9.17, 15) is 4.79 Å². The maximum absolute atomic E-state index is 11.7. The van der Waals surface area contributed by atoms with Crippen molar-refractivity contribution in [2.75, 3.05) is 13.6 Å². The summed E-state index contributed by atoms with van der Waals surface area (Å²) in [5.41, 5.74) is 2.96. The standard InChI is InChI=1S/C19H24N4O/c1-3-21-18(24)17-11-9-16(10-12-17)14-23-19(20-2)22-13-15-7-5-4-6-8-15/h4-12H,3,13-14H2,1-2H3,(H,21,24)(H2,20,22,23). The second kappa shape index (κ2) is 9.35. The lowest BCUT2D eigenvalue weighted by Crippen LogP contribution is -2.36. The molecule has 5 nitrogen and oxygen atoms in total. The van der Waals surface area contributed by atoms with E-state index in [1.807, 2.05) is 49.4 Å². The second-order valence-corrected chi connectivity index (χ2v) is 5.32. The highest BCUT2D eigenvalue weighted by Crippen LogP contribution is 2.04. The lowest BCUT2D eigenvalue weighted by atomic mass is 10.1. The van der Waals surface area contributed by atoms with Gasteiger partial charge in [0.05, 0.1) is 0 Å². The molecular formula is C19H24N4O. The van der Waals surface area contributed by atoms with Crippen molar-refractivity contribution >= 4 is 11.9 Å². The minimum atomic E-state index is -0.0441. The zero-order valence-electron chi connectivity index (χ0n) is 14.2. The molecule has 2 rings (SSSR count). The first-order valence-electron chi connectivity index (χ1n) is 8.08. The molecule has 2 aromatic carbocycles. The van der Waals surface area contributed by atoms with Gasteiger partial charge in [0, 0.05) is 32.2 Å². The van der Waals surface area contributed by atoms with Gasteiger partial charge in [-0.2, -0.15) is 0 Å². The molecule has 0 aliphatic carbocycles. The number of hydrogen-bond acceptors (Lipinski definition) is 2. The number of aliphatic imine (C=N–C) groups is 1. The fourth-order valence-electron chi connectivity index (χ4n) is 2.22. The molecule has 0 saturated heterocycles. The van der Waals surface area contributed by atoms with E-state index in [1.165, 1.54) is 5.56 Å². The van der Waals surface area contributed by atoms with Crippen LogP contribution in [0.4, 0.5) is 0 Å². The van der Waals surface area contributed by atoms with Gasteiger partial charge in [0.2, 0.25) is 0 Å². The Morgan fingerprint density at radius 3 is 2.00 bits per heavy atom. The van der Waals surface area contributed by atoms with Crippen LogP contribution in [0.15, 0.2) is 59.6 Å². The summed E-state index contributed by atoms with van der Waals surface area (Å²) in [4.78, 5) is 16.0. The first-order valence-corrected chi connectivity index (χ1v) is 8.08. The molecule has 0 aliphatic heterocycles. The Balaban J connectivity index is 1.83. The predicted molar refractivity (Wildman–Crippen MR) is 97.9 cm³/mol. The largest absolute Gasteiger partial charge is 0.352 e. The normalized spacial score (nSPS) is 11.0. The van der Waals surface area contributed by atoms with Crippen molar-refractivity contribution in [1.82, 2.24) is 16.0 Å². The zero-order chi connectivity index (χ0) is 17.2. The van der Waals surface area contributed by atoms with Crippen molar-refractivity contribution in [3.05, 3.63) is 71.3 Å². The highest BCUT2D eigenvalue weighted by atomic mass is 16.1. The molecule has 0 aromatic heterocycles. The number of rotatable bonds is 6. The lowest BCUT2D eigenvalue weighted by Gasteiger charge is -2.12. The molecule has 5 heteroatoms. The second-order valence-electron chi connectivity index (χ2n) is 5.32. The fourth-order valence-corrected chi connectivity index (χ4v) is 2.22. The van der Waals surface area contributed by atoms with Gasteiger partial charge in [0.15, 0.2) is 5.96 Å². The van der Waals surface area contributed by atoms with Crippen LogP contribution >= 0.6 is 0 Å². The molecule has 0 heterocycles. The summed E-state index contributed by atoms with van der Waals surface area (Å²) in [6, 6.07) is 17.7. The van der Waals surface area contributed by atoms with Crippen molar-refractivity contribution in [3.8, 4) is 0 Å². The number of nitrogens with one attached hydrogen (secondary N) is 3. The Bertz CT molecular complexity index is 666. The molecule has 0 spiro atoms. The minimum Gasteiger partial charge on any atom is -0.352 e. The third-order valence-corrected chi connectivity index (χ3v) is 3.54. The molecule has 0 unspecified atom stereocenters. The van der Waals surface area contributed by atoms with Crippen LogP contribution in [0.25, 0.3) is 0 Å². The van der Waals surface area contributed by atoms with Crippen LogP contribution in [0.1, 0.15) is 28.4 Å². The Morgan fingerprint density at radius 2 is 1.46 bits per heavy atom. The smallest absolute Gasteiger partial charge is 0.251 e. The number of benzene rings is 2. The van der Waals surface area contributed by atoms with E-state index in [2.05, 4.69) is 33.1 Å². The number of carbonyl (C=O) groups is 1. The molecule has 0 atom stereocenters. The van der Waals surface area contributed by atoms with Crippen LogP contribution < -0.4 is 16.0 Å². The molecule has 0 fully saturated rings. The van der Waals surface area contributed by atoms with E-state index in [0.29, 0.717) is 18.7 Å². The molecular weight excluding hydrogens is 300 g/mol. The first-order chi connectivity index (χ1) is 11.7. The molecule has 1 amide bonds. The minimum absolute atomic E-state index is 0.0441. The monoisotopic (exact) mass is 324 g/mol. The van der Waals surface area contributed by atoms with Crippen molar-refractivity contribution < 1.29 is 4.79 Å². The average Bonchev–Trinajstić information content (AvgIpc) is 2.63. The molecule has 0 radical (unpaired) electrons. The maximum atomic E-state index is 11.7. The summed E-state index contributed by atoms with van der Waals surface area (Å²) in [5, 5.41) is 9.33. The number of nitrogens with zero attached hydrogens (tertiary/aromatic N) is 1. The van der Waals surface area contributed by atoms with Crippen molar-refractivity contribution in [2.45, 2.75) is 20.0 Å². The van der Waals surface area contributed by atoms with Crippen LogP contribution in [-0.4, -0.2) is 25.5 Å². The Morgan fingerprint density at radius 1 is 0.875 bits per heavy atom. The summed E-state index contributed by atoms with van der Waals surface area (Å²) in [7, 11) is 1.75. The number of hydrogen-bond donors (Lipinski definition) is 3. The lowest BCUT2D eigenvalue weighted by molar-refractivity contribution is 0.0956. The van der Waals surface area contributed by atoms with Gasteiger partial charge in [-0.15, -0.1) is 0 Å². The number of guanidine groups is 1. The van der Waals surface area contributed by atoms with Crippen LogP contribution in [0.5, 0.6) is 0 Å². The van der Waals surface area contributed by atoms with Crippen molar-refractivity contribution in [3.63, 3.8) is 0 Å². The van der Waals surface area contributed by atoms with E-state index >= 15 is 0 Å². The molecule has 126 valence electrons. The van der Waals surface area contributed by atoms with Crippen molar-refractivity contribution in [2.24, 2.45) is 4.99 Å². The van der Waals surface area contributed by atoms with Gasteiger partial charge in [-0.05, 0) is 30.2 Å². The summed E-state index contributed by atoms with van der Waals surface area (Å²) < 4.78 is 0. The topological polar surface area (TPSA) is 65.5 Å². The number of carbonyl (C=O) groups excluding carboxylic acids is 1. The van der Waals surface area contributed by atoms with Crippen LogP contribution in [0.3, 0.4) is 0 Å². The summed E-state index contributed by atoms with van der Waals surface area (Å²) in [6.07, 6.45) is 0. The van der Waals surface area contributed by atoms with Crippen LogP contribution in [-0.2, 0) is 13.1 Å². The van der Waals surface area contributed by atoms with Crippen LogP contribution in [0, 0.1) is 0 Å². The Kier molecular flexibility index (Phi) is 6.83. The maximum Gasteiger partial charge on any atom is 0.251 e. The van der Waals surface area contributed by atoms with E-state index in [0.717, 1.165) is 18.1 Å². The summed E-state index contributed by atoms with van der Waals surface area (Å²) in [6.45, 7) is 3.90. The third kappa shape index (κ3) is 5.43. The Labute approximate surface area is 143 Å². The van der Waals surface area contributed by atoms with Gasteiger partial charge in [0.1, 0.15) is 0 Å². The molecule has 2 aromatic rings. The highest BCUT2D eigenvalue weighted by Gasteiger charge is 2.04. The molecule has 0 saturated carbocycles.